The van der Waals surface area contributed by atoms with Gasteiger partial charge >= 0.3 is 5.97 Å². The van der Waals surface area contributed by atoms with Gasteiger partial charge in [-0.2, -0.15) is 0 Å². The first-order chi connectivity index (χ1) is 9.61. The van der Waals surface area contributed by atoms with Crippen molar-refractivity contribution in [3.63, 3.8) is 0 Å². The fraction of sp³-hybridized carbons (Fsp3) is 0.0667. The SMILES string of the molecule is C=Cc1cc(OCc2ccccc2)c(O)c(C(=O)O)n1. The van der Waals surface area contributed by atoms with E-state index in [4.69, 9.17) is 9.84 Å². The molecule has 0 radical (unpaired) electrons. The molecule has 0 bridgehead atoms. The van der Waals surface area contributed by atoms with E-state index in [2.05, 4.69) is 11.6 Å². The lowest BCUT2D eigenvalue weighted by Crippen LogP contribution is -2.05. The molecule has 0 atom stereocenters. The van der Waals surface area contributed by atoms with E-state index in [1.165, 1.54) is 12.1 Å². The zero-order valence-corrected chi connectivity index (χ0v) is 10.6. The van der Waals surface area contributed by atoms with Crippen molar-refractivity contribution in [2.45, 2.75) is 6.61 Å². The summed E-state index contributed by atoms with van der Waals surface area (Å²) in [5.74, 6) is -1.74. The van der Waals surface area contributed by atoms with Gasteiger partial charge < -0.3 is 14.9 Å². The highest BCUT2D eigenvalue weighted by atomic mass is 16.5. The molecule has 0 spiro atoms. The van der Waals surface area contributed by atoms with Crippen LogP contribution in [0.3, 0.4) is 0 Å². The Morgan fingerprint density at radius 1 is 1.35 bits per heavy atom. The van der Waals surface area contributed by atoms with E-state index in [1.807, 2.05) is 30.3 Å². The molecule has 0 unspecified atom stereocenters. The largest absolute Gasteiger partial charge is 0.503 e. The number of carboxylic acids is 1. The Balaban J connectivity index is 2.29. The lowest BCUT2D eigenvalue weighted by molar-refractivity contribution is 0.0685. The second kappa shape index (κ2) is 5.88. The van der Waals surface area contributed by atoms with Crippen molar-refractivity contribution in [3.05, 3.63) is 59.9 Å². The molecular formula is C15H13NO4. The van der Waals surface area contributed by atoms with Gasteiger partial charge in [-0.15, -0.1) is 0 Å². The first-order valence-corrected chi connectivity index (χ1v) is 5.88. The zero-order chi connectivity index (χ0) is 14.5. The molecule has 0 aliphatic rings. The minimum atomic E-state index is -1.32. The molecule has 0 aliphatic carbocycles. The van der Waals surface area contributed by atoms with E-state index in [0.29, 0.717) is 5.69 Å². The highest BCUT2D eigenvalue weighted by Crippen LogP contribution is 2.30. The van der Waals surface area contributed by atoms with Crippen LogP contribution in [0.5, 0.6) is 11.5 Å². The molecule has 0 aliphatic heterocycles. The normalized spacial score (nSPS) is 10.0. The quantitative estimate of drug-likeness (QED) is 0.874. The molecule has 2 aromatic rings. The smallest absolute Gasteiger partial charge is 0.358 e. The standard InChI is InChI=1S/C15H13NO4/c1-2-11-8-12(14(17)13(16-11)15(18)19)20-9-10-6-4-3-5-7-10/h2-8,17H,1,9H2,(H,18,19). The average molecular weight is 271 g/mol. The third kappa shape index (κ3) is 2.95. The summed E-state index contributed by atoms with van der Waals surface area (Å²) in [5, 5.41) is 18.8. The van der Waals surface area contributed by atoms with E-state index < -0.39 is 17.4 Å². The maximum Gasteiger partial charge on any atom is 0.358 e. The summed E-state index contributed by atoms with van der Waals surface area (Å²) in [6, 6.07) is 10.8. The predicted octanol–water partition coefficient (Wildman–Crippen LogP) is 2.71. The lowest BCUT2D eigenvalue weighted by atomic mass is 10.2. The van der Waals surface area contributed by atoms with Crippen molar-refractivity contribution in [1.29, 1.82) is 0 Å². The summed E-state index contributed by atoms with van der Waals surface area (Å²) in [5.41, 5.74) is 0.773. The fourth-order valence-electron chi connectivity index (χ4n) is 1.63. The van der Waals surface area contributed by atoms with E-state index in [9.17, 15) is 9.90 Å². The van der Waals surface area contributed by atoms with E-state index >= 15 is 0 Å². The number of aromatic nitrogens is 1. The van der Waals surface area contributed by atoms with Gasteiger partial charge in [-0.25, -0.2) is 9.78 Å². The molecule has 0 amide bonds. The molecule has 102 valence electrons. The molecule has 2 rings (SSSR count). The molecule has 5 nitrogen and oxygen atoms in total. The Hall–Kier alpha value is -2.82. The van der Waals surface area contributed by atoms with Gasteiger partial charge in [0.2, 0.25) is 0 Å². The van der Waals surface area contributed by atoms with Gasteiger partial charge in [-0.3, -0.25) is 0 Å². The third-order valence-corrected chi connectivity index (χ3v) is 2.63. The van der Waals surface area contributed by atoms with Crippen molar-refractivity contribution in [3.8, 4) is 11.5 Å². The maximum atomic E-state index is 11.0. The lowest BCUT2D eigenvalue weighted by Gasteiger charge is -2.10. The van der Waals surface area contributed by atoms with Gasteiger partial charge in [0.05, 0.1) is 5.69 Å². The number of carboxylic acid groups (broad SMARTS) is 1. The maximum absolute atomic E-state index is 11.0. The number of rotatable bonds is 5. The Morgan fingerprint density at radius 3 is 2.65 bits per heavy atom. The molecule has 1 heterocycles. The molecule has 2 N–H and O–H groups in total. The Bertz CT molecular complexity index is 638. The van der Waals surface area contributed by atoms with Crippen molar-refractivity contribution < 1.29 is 19.7 Å². The Kier molecular flexibility index (Phi) is 4.00. The average Bonchev–Trinajstić information content (AvgIpc) is 2.47. The first-order valence-electron chi connectivity index (χ1n) is 5.88. The number of pyridine rings is 1. The highest BCUT2D eigenvalue weighted by molar-refractivity contribution is 5.89. The van der Waals surface area contributed by atoms with Crippen LogP contribution in [0.4, 0.5) is 0 Å². The van der Waals surface area contributed by atoms with Crippen molar-refractivity contribution >= 4 is 12.0 Å². The number of hydrogen-bond donors (Lipinski definition) is 2. The summed E-state index contributed by atoms with van der Waals surface area (Å²) in [4.78, 5) is 14.8. The number of nitrogens with zero attached hydrogens (tertiary/aromatic N) is 1. The number of aromatic hydroxyl groups is 1. The molecule has 20 heavy (non-hydrogen) atoms. The third-order valence-electron chi connectivity index (χ3n) is 2.63. The summed E-state index contributed by atoms with van der Waals surface area (Å²) in [7, 11) is 0. The molecule has 0 fully saturated rings. The monoisotopic (exact) mass is 271 g/mol. The number of hydrogen-bond acceptors (Lipinski definition) is 4. The van der Waals surface area contributed by atoms with Crippen LogP contribution in [0.25, 0.3) is 6.08 Å². The van der Waals surface area contributed by atoms with Crippen molar-refractivity contribution in [2.24, 2.45) is 0 Å². The van der Waals surface area contributed by atoms with Crippen LogP contribution in [0.15, 0.2) is 43.0 Å². The van der Waals surface area contributed by atoms with E-state index in [0.717, 1.165) is 5.56 Å². The summed E-state index contributed by atoms with van der Waals surface area (Å²) < 4.78 is 5.46. The van der Waals surface area contributed by atoms with Crippen LogP contribution in [0, 0.1) is 0 Å². The molecule has 0 saturated heterocycles. The topological polar surface area (TPSA) is 79.7 Å². The van der Waals surface area contributed by atoms with Crippen molar-refractivity contribution in [1.82, 2.24) is 4.98 Å². The summed E-state index contributed by atoms with van der Waals surface area (Å²) in [6.07, 6.45) is 1.39. The number of aromatic carboxylic acids is 1. The van der Waals surface area contributed by atoms with Crippen LogP contribution in [-0.4, -0.2) is 21.2 Å². The minimum Gasteiger partial charge on any atom is -0.503 e. The molecular weight excluding hydrogens is 258 g/mol. The van der Waals surface area contributed by atoms with Crippen LogP contribution >= 0.6 is 0 Å². The van der Waals surface area contributed by atoms with Crippen LogP contribution < -0.4 is 4.74 Å². The van der Waals surface area contributed by atoms with Gasteiger partial charge in [0.1, 0.15) is 6.61 Å². The Labute approximate surface area is 115 Å². The van der Waals surface area contributed by atoms with Gasteiger partial charge in [0, 0.05) is 6.07 Å². The molecule has 1 aromatic heterocycles. The van der Waals surface area contributed by atoms with Gasteiger partial charge in [-0.1, -0.05) is 36.9 Å². The van der Waals surface area contributed by atoms with Gasteiger partial charge in [0.15, 0.2) is 17.2 Å². The highest BCUT2D eigenvalue weighted by Gasteiger charge is 2.18. The second-order valence-electron chi connectivity index (χ2n) is 4.03. The first kappa shape index (κ1) is 13.6. The zero-order valence-electron chi connectivity index (χ0n) is 10.6. The van der Waals surface area contributed by atoms with E-state index in [-0.39, 0.29) is 12.4 Å². The molecule has 1 aromatic carbocycles. The predicted molar refractivity (Wildman–Crippen MR) is 73.7 cm³/mol. The Morgan fingerprint density at radius 2 is 2.05 bits per heavy atom. The van der Waals surface area contributed by atoms with Crippen molar-refractivity contribution in [2.75, 3.05) is 0 Å². The number of ether oxygens (including phenoxy) is 1. The fourth-order valence-corrected chi connectivity index (χ4v) is 1.63. The van der Waals surface area contributed by atoms with E-state index in [1.54, 1.807) is 0 Å². The minimum absolute atomic E-state index is 0.0659. The summed E-state index contributed by atoms with van der Waals surface area (Å²) in [6.45, 7) is 3.74. The van der Waals surface area contributed by atoms with Crippen LogP contribution in [-0.2, 0) is 6.61 Å². The van der Waals surface area contributed by atoms with Crippen LogP contribution in [0.2, 0.25) is 0 Å². The summed E-state index contributed by atoms with van der Waals surface area (Å²) >= 11 is 0. The number of benzene rings is 1. The second-order valence-corrected chi connectivity index (χ2v) is 4.03. The van der Waals surface area contributed by atoms with Crippen LogP contribution in [0.1, 0.15) is 21.7 Å². The number of carbonyl (C=O) groups is 1. The van der Waals surface area contributed by atoms with Gasteiger partial charge in [0.25, 0.3) is 0 Å². The van der Waals surface area contributed by atoms with Gasteiger partial charge in [-0.05, 0) is 11.6 Å². The molecule has 5 heteroatoms. The molecule has 0 saturated carbocycles.